The van der Waals surface area contributed by atoms with E-state index < -0.39 is 11.7 Å². The van der Waals surface area contributed by atoms with Gasteiger partial charge in [0.05, 0.1) is 20.2 Å². The molecule has 0 atom stereocenters. The molecule has 4 rings (SSSR count). The van der Waals surface area contributed by atoms with Crippen LogP contribution < -0.4 is 5.32 Å². The number of H-pyrrole nitrogens is 1. The number of nitrogens with zero attached hydrogens (tertiary/aromatic N) is 4. The fourth-order valence-electron chi connectivity index (χ4n) is 3.20. The summed E-state index contributed by atoms with van der Waals surface area (Å²) < 4.78 is 29.9. The number of rotatable bonds is 4. The number of nitrogens with one attached hydrogen (secondary N) is 2. The summed E-state index contributed by atoms with van der Waals surface area (Å²) in [6, 6.07) is 4.21. The Balaban J connectivity index is 1.52. The second kappa shape index (κ2) is 7.56. The molecule has 0 fully saturated rings. The first-order valence-corrected chi connectivity index (χ1v) is 10.4. The van der Waals surface area contributed by atoms with E-state index in [9.17, 15) is 13.6 Å². The molecule has 0 unspecified atom stereocenters. The third-order valence-corrected chi connectivity index (χ3v) is 5.43. The topological polar surface area (TPSA) is 88.0 Å². The monoisotopic (exact) mass is 524 g/mol. The Morgan fingerprint density at radius 1 is 1.23 bits per heavy atom. The molecule has 4 aromatic rings. The highest BCUT2D eigenvalue weighted by molar-refractivity contribution is 14.1. The van der Waals surface area contributed by atoms with Crippen LogP contribution in [0.25, 0.3) is 16.7 Å². The van der Waals surface area contributed by atoms with E-state index in [2.05, 4.69) is 25.5 Å². The molecule has 0 aliphatic carbocycles. The van der Waals surface area contributed by atoms with Crippen LogP contribution in [0.5, 0.6) is 0 Å². The average molecular weight is 524 g/mol. The van der Waals surface area contributed by atoms with Crippen molar-refractivity contribution in [1.82, 2.24) is 29.9 Å². The molecule has 156 valence electrons. The molecule has 3 heterocycles. The number of pyridine rings is 1. The quantitative estimate of drug-likeness (QED) is 0.398. The normalized spacial score (nSPS) is 12.1. The van der Waals surface area contributed by atoms with Crippen LogP contribution in [-0.4, -0.2) is 37.0 Å². The second-order valence-corrected chi connectivity index (χ2v) is 9.17. The zero-order valence-electron chi connectivity index (χ0n) is 16.6. The molecule has 1 amide bonds. The van der Waals surface area contributed by atoms with Crippen molar-refractivity contribution in [2.45, 2.75) is 32.6 Å². The Bertz CT molecular complexity index is 1240. The molecule has 3 aromatic heterocycles. The van der Waals surface area contributed by atoms with E-state index in [4.69, 9.17) is 0 Å². The van der Waals surface area contributed by atoms with E-state index in [1.165, 1.54) is 16.7 Å². The van der Waals surface area contributed by atoms with Gasteiger partial charge in [0, 0.05) is 30.6 Å². The first-order chi connectivity index (χ1) is 14.1. The first kappa shape index (κ1) is 20.6. The summed E-state index contributed by atoms with van der Waals surface area (Å²) in [4.78, 5) is 20.1. The number of fused-ring (bicyclic) bond motifs is 2. The molecule has 0 bridgehead atoms. The number of aromatic amines is 1. The van der Waals surface area contributed by atoms with Crippen molar-refractivity contribution in [3.05, 3.63) is 56.8 Å². The highest BCUT2D eigenvalue weighted by atomic mass is 127. The lowest BCUT2D eigenvalue weighted by atomic mass is 9.96. The third kappa shape index (κ3) is 3.87. The van der Waals surface area contributed by atoms with E-state index in [0.717, 1.165) is 6.07 Å². The van der Waals surface area contributed by atoms with E-state index in [1.54, 1.807) is 6.07 Å². The molecule has 0 aliphatic heterocycles. The minimum absolute atomic E-state index is 0.110. The van der Waals surface area contributed by atoms with Crippen LogP contribution in [0.1, 0.15) is 42.8 Å². The molecular weight excluding hydrogens is 505 g/mol. The Morgan fingerprint density at radius 2 is 2.00 bits per heavy atom. The molecule has 7 nitrogen and oxygen atoms in total. The highest BCUT2D eigenvalue weighted by Crippen LogP contribution is 2.23. The summed E-state index contributed by atoms with van der Waals surface area (Å²) in [5.41, 5.74) is 1.30. The van der Waals surface area contributed by atoms with Gasteiger partial charge in [0.25, 0.3) is 5.91 Å². The van der Waals surface area contributed by atoms with Crippen molar-refractivity contribution >= 4 is 45.2 Å². The zero-order chi connectivity index (χ0) is 21.6. The van der Waals surface area contributed by atoms with Crippen LogP contribution in [0.15, 0.2) is 24.4 Å². The Kier molecular flexibility index (Phi) is 5.20. The molecular formula is C20H19F2IN6O. The summed E-state index contributed by atoms with van der Waals surface area (Å²) in [5.74, 6) is -0.135. The van der Waals surface area contributed by atoms with E-state index in [-0.39, 0.29) is 23.3 Å². The number of hydrogen-bond donors (Lipinski definition) is 2. The van der Waals surface area contributed by atoms with Gasteiger partial charge in [-0.05, 0) is 34.7 Å². The van der Waals surface area contributed by atoms with Crippen molar-refractivity contribution in [1.29, 1.82) is 0 Å². The van der Waals surface area contributed by atoms with E-state index >= 15 is 0 Å². The van der Waals surface area contributed by atoms with Gasteiger partial charge in [-0.2, -0.15) is 0 Å². The number of imidazole rings is 1. The van der Waals surface area contributed by atoms with Gasteiger partial charge in [0.2, 0.25) is 0 Å². The third-order valence-electron chi connectivity index (χ3n) is 4.61. The lowest BCUT2D eigenvalue weighted by molar-refractivity contribution is 0.0954. The Labute approximate surface area is 184 Å². The first-order valence-electron chi connectivity index (χ1n) is 9.30. The molecule has 0 saturated heterocycles. The summed E-state index contributed by atoms with van der Waals surface area (Å²) in [7, 11) is 0. The zero-order valence-corrected chi connectivity index (χ0v) is 18.7. The number of hydrogen-bond acceptors (Lipinski definition) is 4. The number of amides is 1. The number of benzene rings is 1. The summed E-state index contributed by atoms with van der Waals surface area (Å²) >= 11 is 1.91. The predicted molar refractivity (Wildman–Crippen MR) is 116 cm³/mol. The largest absolute Gasteiger partial charge is 0.351 e. The highest BCUT2D eigenvalue weighted by Gasteiger charge is 2.24. The molecule has 0 spiro atoms. The van der Waals surface area contributed by atoms with Gasteiger partial charge in [-0.1, -0.05) is 20.8 Å². The average Bonchev–Trinajstić information content (AvgIpc) is 3.24. The number of carbonyl (C=O) groups is 1. The van der Waals surface area contributed by atoms with Gasteiger partial charge in [-0.3, -0.25) is 9.20 Å². The van der Waals surface area contributed by atoms with Crippen molar-refractivity contribution in [2.75, 3.05) is 6.54 Å². The van der Waals surface area contributed by atoms with Crippen LogP contribution in [0.3, 0.4) is 0 Å². The van der Waals surface area contributed by atoms with Gasteiger partial charge in [-0.25, -0.2) is 13.8 Å². The van der Waals surface area contributed by atoms with E-state index in [0.29, 0.717) is 38.3 Å². The summed E-state index contributed by atoms with van der Waals surface area (Å²) in [5, 5.41) is 11.0. The molecule has 0 radical (unpaired) electrons. The van der Waals surface area contributed by atoms with Gasteiger partial charge < -0.3 is 10.3 Å². The SMILES string of the molecule is CC(C)(C)c1nnc2c(C(=O)NCCc3nc4cc(I)c(F)cc4[nH]3)cc(F)cn12. The van der Waals surface area contributed by atoms with Crippen LogP contribution in [-0.2, 0) is 11.8 Å². The second-order valence-electron chi connectivity index (χ2n) is 8.01. The fourth-order valence-corrected chi connectivity index (χ4v) is 3.66. The minimum atomic E-state index is -0.549. The van der Waals surface area contributed by atoms with Crippen molar-refractivity contribution < 1.29 is 13.6 Å². The maximum absolute atomic E-state index is 14.2. The molecule has 0 aliphatic rings. The predicted octanol–water partition coefficient (Wildman–Crippen LogP) is 3.76. The maximum atomic E-state index is 14.2. The van der Waals surface area contributed by atoms with Crippen LogP contribution >= 0.6 is 22.6 Å². The number of halogens is 3. The Hall–Kier alpha value is -2.63. The summed E-state index contributed by atoms with van der Waals surface area (Å²) in [6.45, 7) is 6.08. The van der Waals surface area contributed by atoms with Crippen molar-refractivity contribution in [2.24, 2.45) is 0 Å². The Morgan fingerprint density at radius 3 is 2.73 bits per heavy atom. The molecule has 1 aromatic carbocycles. The molecule has 10 heteroatoms. The van der Waals surface area contributed by atoms with Crippen LogP contribution in [0, 0.1) is 15.2 Å². The van der Waals surface area contributed by atoms with Crippen molar-refractivity contribution in [3.8, 4) is 0 Å². The van der Waals surface area contributed by atoms with E-state index in [1.807, 2.05) is 43.4 Å². The van der Waals surface area contributed by atoms with Gasteiger partial charge >= 0.3 is 0 Å². The van der Waals surface area contributed by atoms with Crippen LogP contribution in [0.2, 0.25) is 0 Å². The van der Waals surface area contributed by atoms with Crippen LogP contribution in [0.4, 0.5) is 8.78 Å². The molecule has 0 saturated carbocycles. The number of carbonyl (C=O) groups excluding carboxylic acids is 1. The molecule has 2 N–H and O–H groups in total. The number of aromatic nitrogens is 5. The lowest BCUT2D eigenvalue weighted by Crippen LogP contribution is -2.27. The maximum Gasteiger partial charge on any atom is 0.255 e. The van der Waals surface area contributed by atoms with Gasteiger partial charge in [0.1, 0.15) is 23.3 Å². The van der Waals surface area contributed by atoms with Gasteiger partial charge in [-0.15, -0.1) is 10.2 Å². The fraction of sp³-hybridized carbons (Fsp3) is 0.300. The van der Waals surface area contributed by atoms with Gasteiger partial charge in [0.15, 0.2) is 5.65 Å². The summed E-state index contributed by atoms with van der Waals surface area (Å²) in [6.07, 6.45) is 1.69. The lowest BCUT2D eigenvalue weighted by Gasteiger charge is -2.16. The smallest absolute Gasteiger partial charge is 0.255 e. The standard InChI is InChI=1S/C20H19F2IN6O/c1-20(2,3)19-28-27-17-11(6-10(21)9-29(17)19)18(30)24-5-4-16-25-14-7-12(22)13(23)8-15(14)26-16/h6-9H,4-5H2,1-3H3,(H,24,30)(H,25,26). The minimum Gasteiger partial charge on any atom is -0.351 e. The molecule has 30 heavy (non-hydrogen) atoms. The van der Waals surface area contributed by atoms with Crippen molar-refractivity contribution in [3.63, 3.8) is 0 Å².